The molecular formula is C22H22Cl2N4O3. The van der Waals surface area contributed by atoms with E-state index < -0.39 is 17.7 Å². The van der Waals surface area contributed by atoms with Crippen LogP contribution in [0.3, 0.4) is 0 Å². The molecule has 0 saturated heterocycles. The summed E-state index contributed by atoms with van der Waals surface area (Å²) in [5, 5.41) is 6.92. The van der Waals surface area contributed by atoms with Crippen molar-refractivity contribution in [2.24, 2.45) is 5.92 Å². The summed E-state index contributed by atoms with van der Waals surface area (Å²) in [6, 6.07) is 11.7. The lowest BCUT2D eigenvalue weighted by atomic mass is 10.2. The number of hydrogen-bond acceptors (Lipinski definition) is 3. The fourth-order valence-corrected chi connectivity index (χ4v) is 3.23. The van der Waals surface area contributed by atoms with E-state index in [-0.39, 0.29) is 11.6 Å². The van der Waals surface area contributed by atoms with Gasteiger partial charge in [-0.15, -0.1) is 0 Å². The topological polar surface area (TPSA) is 92.2 Å². The van der Waals surface area contributed by atoms with Gasteiger partial charge in [-0.25, -0.2) is 4.68 Å². The van der Waals surface area contributed by atoms with Gasteiger partial charge in [0.1, 0.15) is 5.69 Å². The first-order valence-electron chi connectivity index (χ1n) is 9.63. The molecule has 0 aliphatic rings. The SMILES string of the molecule is Cc1ccc(NC(=O)c2cc3cc(Cl)ccc3n2NC(=O)C(=O)NCC(C)C)cc1Cl. The van der Waals surface area contributed by atoms with Gasteiger partial charge < -0.3 is 10.6 Å². The average molecular weight is 461 g/mol. The van der Waals surface area contributed by atoms with Gasteiger partial charge in [-0.3, -0.25) is 19.8 Å². The molecule has 1 heterocycles. The number of hydrogen-bond donors (Lipinski definition) is 3. The average Bonchev–Trinajstić information content (AvgIpc) is 3.06. The molecule has 3 N–H and O–H groups in total. The third-order valence-electron chi connectivity index (χ3n) is 4.52. The molecule has 9 heteroatoms. The number of carbonyl (C=O) groups is 3. The van der Waals surface area contributed by atoms with Crippen LogP contribution < -0.4 is 16.1 Å². The number of aromatic nitrogens is 1. The molecule has 31 heavy (non-hydrogen) atoms. The minimum absolute atomic E-state index is 0.124. The zero-order valence-electron chi connectivity index (χ0n) is 17.3. The van der Waals surface area contributed by atoms with E-state index in [0.717, 1.165) is 5.56 Å². The second kappa shape index (κ2) is 9.41. The van der Waals surface area contributed by atoms with Crippen molar-refractivity contribution in [1.82, 2.24) is 9.99 Å². The third kappa shape index (κ3) is 5.37. The standard InChI is InChI=1S/C22H22Cl2N4O3/c1-12(2)11-25-21(30)22(31)27-28-18-7-5-15(23)8-14(18)9-19(28)20(29)26-16-6-4-13(3)17(24)10-16/h4-10,12H,11H2,1-3H3,(H,25,30)(H,26,29)(H,27,31). The molecular weight excluding hydrogens is 439 g/mol. The molecule has 1 aromatic heterocycles. The molecule has 0 bridgehead atoms. The molecule has 2 aromatic carbocycles. The van der Waals surface area contributed by atoms with Gasteiger partial charge in [0.05, 0.1) is 5.52 Å². The number of fused-ring (bicyclic) bond motifs is 1. The Labute approximate surface area is 189 Å². The summed E-state index contributed by atoms with van der Waals surface area (Å²) in [6.07, 6.45) is 0. The fourth-order valence-electron chi connectivity index (χ4n) is 2.87. The van der Waals surface area contributed by atoms with Gasteiger partial charge in [-0.05, 0) is 54.8 Å². The number of amides is 3. The predicted octanol–water partition coefficient (Wildman–Crippen LogP) is 4.35. The zero-order valence-corrected chi connectivity index (χ0v) is 18.8. The van der Waals surface area contributed by atoms with Crippen LogP contribution in [-0.2, 0) is 9.59 Å². The highest BCUT2D eigenvalue weighted by Crippen LogP contribution is 2.25. The number of aryl methyl sites for hydroxylation is 1. The monoisotopic (exact) mass is 460 g/mol. The van der Waals surface area contributed by atoms with Crippen molar-refractivity contribution in [1.29, 1.82) is 0 Å². The van der Waals surface area contributed by atoms with E-state index in [9.17, 15) is 14.4 Å². The smallest absolute Gasteiger partial charge is 0.328 e. The molecule has 3 amide bonds. The predicted molar refractivity (Wildman–Crippen MR) is 123 cm³/mol. The molecule has 0 fully saturated rings. The Bertz CT molecular complexity index is 1170. The summed E-state index contributed by atoms with van der Waals surface area (Å²) in [4.78, 5) is 37.6. The van der Waals surface area contributed by atoms with Crippen LogP contribution in [0.5, 0.6) is 0 Å². The van der Waals surface area contributed by atoms with E-state index in [2.05, 4.69) is 16.1 Å². The summed E-state index contributed by atoms with van der Waals surface area (Å²) in [5.74, 6) is -1.98. The molecule has 3 rings (SSSR count). The molecule has 3 aromatic rings. The van der Waals surface area contributed by atoms with E-state index in [4.69, 9.17) is 23.2 Å². The second-order valence-electron chi connectivity index (χ2n) is 7.53. The molecule has 7 nitrogen and oxygen atoms in total. The maximum absolute atomic E-state index is 13.0. The van der Waals surface area contributed by atoms with E-state index >= 15 is 0 Å². The van der Waals surface area contributed by atoms with Crippen LogP contribution in [0.2, 0.25) is 10.0 Å². The summed E-state index contributed by atoms with van der Waals surface area (Å²) in [5.41, 5.74) is 4.51. The first-order valence-corrected chi connectivity index (χ1v) is 10.4. The van der Waals surface area contributed by atoms with Gasteiger partial charge in [-0.2, -0.15) is 0 Å². The number of rotatable bonds is 5. The number of benzene rings is 2. The summed E-state index contributed by atoms with van der Waals surface area (Å²) in [7, 11) is 0. The van der Waals surface area contributed by atoms with Crippen LogP contribution in [0.1, 0.15) is 29.9 Å². The fraction of sp³-hybridized carbons (Fsp3) is 0.227. The van der Waals surface area contributed by atoms with Gasteiger partial charge in [-0.1, -0.05) is 43.1 Å². The van der Waals surface area contributed by atoms with Crippen LogP contribution >= 0.6 is 23.2 Å². The van der Waals surface area contributed by atoms with Crippen molar-refractivity contribution in [2.45, 2.75) is 20.8 Å². The molecule has 0 spiro atoms. The highest BCUT2D eigenvalue weighted by molar-refractivity contribution is 6.38. The molecule has 0 aliphatic carbocycles. The Kier molecular flexibility index (Phi) is 6.87. The number of nitrogens with zero attached hydrogens (tertiary/aromatic N) is 1. The Morgan fingerprint density at radius 1 is 1.00 bits per heavy atom. The van der Waals surface area contributed by atoms with Gasteiger partial charge in [0.15, 0.2) is 0 Å². The lowest BCUT2D eigenvalue weighted by Gasteiger charge is -2.13. The van der Waals surface area contributed by atoms with Crippen LogP contribution in [0.25, 0.3) is 10.9 Å². The van der Waals surface area contributed by atoms with Crippen LogP contribution in [0, 0.1) is 12.8 Å². The lowest BCUT2D eigenvalue weighted by Crippen LogP contribution is -2.41. The van der Waals surface area contributed by atoms with Crippen LogP contribution in [0.15, 0.2) is 42.5 Å². The van der Waals surface area contributed by atoms with Crippen molar-refractivity contribution < 1.29 is 14.4 Å². The van der Waals surface area contributed by atoms with E-state index in [1.54, 1.807) is 42.5 Å². The highest BCUT2D eigenvalue weighted by atomic mass is 35.5. The van der Waals surface area contributed by atoms with Crippen molar-refractivity contribution >= 4 is 57.5 Å². The number of carbonyl (C=O) groups excluding carboxylic acids is 3. The first kappa shape index (κ1) is 22.7. The number of nitrogens with one attached hydrogen (secondary N) is 3. The molecule has 0 atom stereocenters. The van der Waals surface area contributed by atoms with Crippen molar-refractivity contribution in [3.63, 3.8) is 0 Å². The van der Waals surface area contributed by atoms with Crippen molar-refractivity contribution in [3.8, 4) is 0 Å². The molecule has 0 aliphatic heterocycles. The molecule has 0 saturated carbocycles. The van der Waals surface area contributed by atoms with E-state index in [1.165, 1.54) is 4.68 Å². The van der Waals surface area contributed by atoms with Gasteiger partial charge >= 0.3 is 11.8 Å². The summed E-state index contributed by atoms with van der Waals surface area (Å²) < 4.78 is 1.27. The number of halogens is 2. The molecule has 162 valence electrons. The Morgan fingerprint density at radius 3 is 2.42 bits per heavy atom. The molecule has 0 unspecified atom stereocenters. The minimum atomic E-state index is -0.888. The second-order valence-corrected chi connectivity index (χ2v) is 8.37. The highest BCUT2D eigenvalue weighted by Gasteiger charge is 2.21. The lowest BCUT2D eigenvalue weighted by molar-refractivity contribution is -0.136. The Hall–Kier alpha value is -3.03. The van der Waals surface area contributed by atoms with Gasteiger partial charge in [0.2, 0.25) is 0 Å². The first-order chi connectivity index (χ1) is 14.7. The maximum atomic E-state index is 13.0. The zero-order chi connectivity index (χ0) is 22.7. The van der Waals surface area contributed by atoms with Gasteiger partial charge in [0.25, 0.3) is 5.91 Å². The van der Waals surface area contributed by atoms with E-state index in [1.807, 2.05) is 20.8 Å². The van der Waals surface area contributed by atoms with Crippen LogP contribution in [0.4, 0.5) is 5.69 Å². The summed E-state index contributed by atoms with van der Waals surface area (Å²) >= 11 is 12.2. The van der Waals surface area contributed by atoms with Crippen LogP contribution in [-0.4, -0.2) is 28.9 Å². The van der Waals surface area contributed by atoms with Crippen molar-refractivity contribution in [3.05, 3.63) is 63.8 Å². The van der Waals surface area contributed by atoms with Gasteiger partial charge in [0, 0.05) is 27.7 Å². The largest absolute Gasteiger partial charge is 0.348 e. The Balaban J connectivity index is 1.92. The maximum Gasteiger partial charge on any atom is 0.328 e. The van der Waals surface area contributed by atoms with Crippen molar-refractivity contribution in [2.75, 3.05) is 17.3 Å². The Morgan fingerprint density at radius 2 is 1.74 bits per heavy atom. The van der Waals surface area contributed by atoms with E-state index in [0.29, 0.717) is 33.2 Å². The molecule has 0 radical (unpaired) electrons. The quantitative estimate of drug-likeness (QED) is 0.494. The third-order valence-corrected chi connectivity index (χ3v) is 5.16. The summed E-state index contributed by atoms with van der Waals surface area (Å²) in [6.45, 7) is 6.05. The normalized spacial score (nSPS) is 10.9. The minimum Gasteiger partial charge on any atom is -0.348 e. The number of anilines is 1.